The maximum absolute atomic E-state index is 11.8. The molecule has 2 aromatic carbocycles. The van der Waals surface area contributed by atoms with Crippen LogP contribution in [-0.2, 0) is 16.4 Å². The van der Waals surface area contributed by atoms with Crippen molar-refractivity contribution in [3.63, 3.8) is 0 Å². The minimum absolute atomic E-state index is 0.0228. The molecule has 0 aromatic heterocycles. The van der Waals surface area contributed by atoms with Gasteiger partial charge in [-0.2, -0.15) is 0 Å². The first-order chi connectivity index (χ1) is 11.5. The fourth-order valence-electron chi connectivity index (χ4n) is 3.01. The monoisotopic (exact) mass is 346 g/mol. The second-order valence-corrected chi connectivity index (χ2v) is 7.87. The Bertz CT molecular complexity index is 834. The third kappa shape index (κ3) is 3.48. The molecule has 0 fully saturated rings. The molecular weight excluding hydrogens is 324 g/mol. The van der Waals surface area contributed by atoms with Gasteiger partial charge in [0.2, 0.25) is 10.0 Å². The van der Waals surface area contributed by atoms with Gasteiger partial charge in [-0.1, -0.05) is 24.3 Å². The molecule has 2 aromatic rings. The Kier molecular flexibility index (Phi) is 4.66. The summed E-state index contributed by atoms with van der Waals surface area (Å²) in [5.41, 5.74) is 4.08. The van der Waals surface area contributed by atoms with Gasteiger partial charge in [0.25, 0.3) is 0 Å². The summed E-state index contributed by atoms with van der Waals surface area (Å²) in [5, 5.41) is 3.52. The second-order valence-electron chi connectivity index (χ2n) is 5.85. The third-order valence-electron chi connectivity index (χ3n) is 4.32. The summed E-state index contributed by atoms with van der Waals surface area (Å²) in [6.07, 6.45) is 2.12. The fourth-order valence-corrected chi connectivity index (χ4v) is 3.66. The maximum Gasteiger partial charge on any atom is 0.232 e. The van der Waals surface area contributed by atoms with Gasteiger partial charge in [-0.3, -0.25) is 4.72 Å². The number of aryl methyl sites for hydroxylation is 1. The van der Waals surface area contributed by atoms with Crippen LogP contribution in [0.2, 0.25) is 0 Å². The Morgan fingerprint density at radius 2 is 2.00 bits per heavy atom. The molecule has 0 aliphatic heterocycles. The van der Waals surface area contributed by atoms with Crippen LogP contribution in [0.5, 0.6) is 5.75 Å². The smallest absolute Gasteiger partial charge is 0.232 e. The molecular formula is C18H22N2O3S. The molecule has 2 N–H and O–H groups in total. The lowest BCUT2D eigenvalue weighted by molar-refractivity contribution is 0.417. The van der Waals surface area contributed by atoms with E-state index in [1.54, 1.807) is 13.0 Å². The van der Waals surface area contributed by atoms with Gasteiger partial charge >= 0.3 is 0 Å². The van der Waals surface area contributed by atoms with Gasteiger partial charge in [-0.15, -0.1) is 0 Å². The molecule has 3 rings (SSSR count). The van der Waals surface area contributed by atoms with Crippen LogP contribution in [0.3, 0.4) is 0 Å². The lowest BCUT2D eigenvalue weighted by Gasteiger charge is -2.18. The van der Waals surface area contributed by atoms with E-state index >= 15 is 0 Å². The van der Waals surface area contributed by atoms with E-state index in [9.17, 15) is 8.42 Å². The molecule has 0 radical (unpaired) electrons. The summed E-state index contributed by atoms with van der Waals surface area (Å²) in [4.78, 5) is 0. The predicted molar refractivity (Wildman–Crippen MR) is 97.2 cm³/mol. The van der Waals surface area contributed by atoms with Gasteiger partial charge in [0.1, 0.15) is 5.75 Å². The predicted octanol–water partition coefficient (Wildman–Crippen LogP) is 3.56. The number of anilines is 2. The molecule has 1 unspecified atom stereocenters. The maximum atomic E-state index is 11.8. The Morgan fingerprint density at radius 3 is 2.75 bits per heavy atom. The van der Waals surface area contributed by atoms with Crippen molar-refractivity contribution in [2.24, 2.45) is 0 Å². The van der Waals surface area contributed by atoms with Crippen LogP contribution in [0.25, 0.3) is 0 Å². The summed E-state index contributed by atoms with van der Waals surface area (Å²) in [5.74, 6) is 0.526. The topological polar surface area (TPSA) is 67.4 Å². The summed E-state index contributed by atoms with van der Waals surface area (Å²) < 4.78 is 31.4. The van der Waals surface area contributed by atoms with Gasteiger partial charge in [0, 0.05) is 11.8 Å². The van der Waals surface area contributed by atoms with Gasteiger partial charge in [-0.25, -0.2) is 8.42 Å². The van der Waals surface area contributed by atoms with Gasteiger partial charge < -0.3 is 10.1 Å². The van der Waals surface area contributed by atoms with Crippen LogP contribution in [-0.4, -0.2) is 21.3 Å². The molecule has 1 atom stereocenters. The van der Waals surface area contributed by atoms with E-state index in [1.807, 2.05) is 12.1 Å². The summed E-state index contributed by atoms with van der Waals surface area (Å²) in [6, 6.07) is 14.1. The van der Waals surface area contributed by atoms with Crippen molar-refractivity contribution in [1.82, 2.24) is 0 Å². The summed E-state index contributed by atoms with van der Waals surface area (Å²) >= 11 is 0. The highest BCUT2D eigenvalue weighted by Gasteiger charge is 2.22. The molecule has 1 aliphatic carbocycles. The van der Waals surface area contributed by atoms with Crippen LogP contribution in [0.1, 0.15) is 30.5 Å². The Labute approximate surface area is 143 Å². The molecule has 0 spiro atoms. The highest BCUT2D eigenvalue weighted by molar-refractivity contribution is 7.92. The number of rotatable bonds is 6. The van der Waals surface area contributed by atoms with E-state index in [4.69, 9.17) is 4.74 Å². The lowest BCUT2D eigenvalue weighted by atomic mass is 10.1. The highest BCUT2D eigenvalue weighted by Crippen LogP contribution is 2.36. The van der Waals surface area contributed by atoms with Crippen molar-refractivity contribution in [2.75, 3.05) is 22.9 Å². The minimum atomic E-state index is -3.33. The average Bonchev–Trinajstić information content (AvgIpc) is 2.99. The fraction of sp³-hybridized carbons (Fsp3) is 0.333. The van der Waals surface area contributed by atoms with Gasteiger partial charge in [0.15, 0.2) is 0 Å². The van der Waals surface area contributed by atoms with E-state index in [-0.39, 0.29) is 11.8 Å². The number of fused-ring (bicyclic) bond motifs is 1. The van der Waals surface area contributed by atoms with E-state index in [2.05, 4.69) is 34.3 Å². The van der Waals surface area contributed by atoms with Crippen molar-refractivity contribution < 1.29 is 13.2 Å². The molecule has 6 heteroatoms. The molecule has 128 valence electrons. The first-order valence-electron chi connectivity index (χ1n) is 8.05. The lowest BCUT2D eigenvalue weighted by Crippen LogP contribution is -2.15. The van der Waals surface area contributed by atoms with E-state index < -0.39 is 10.0 Å². The highest BCUT2D eigenvalue weighted by atomic mass is 32.2. The molecule has 0 bridgehead atoms. The molecule has 1 aliphatic rings. The quantitative estimate of drug-likeness (QED) is 0.839. The summed E-state index contributed by atoms with van der Waals surface area (Å²) in [6.45, 7) is 1.60. The van der Waals surface area contributed by atoms with Gasteiger partial charge in [0.05, 0.1) is 24.6 Å². The van der Waals surface area contributed by atoms with Crippen molar-refractivity contribution in [1.29, 1.82) is 0 Å². The Hall–Kier alpha value is -2.21. The number of ether oxygens (including phenoxy) is 1. The number of hydrogen-bond acceptors (Lipinski definition) is 4. The van der Waals surface area contributed by atoms with Crippen LogP contribution in [0.15, 0.2) is 42.5 Å². The van der Waals surface area contributed by atoms with Crippen LogP contribution in [0, 0.1) is 0 Å². The largest absolute Gasteiger partial charge is 0.494 e. The number of methoxy groups -OCH3 is 1. The number of hydrogen-bond donors (Lipinski definition) is 2. The number of benzene rings is 2. The van der Waals surface area contributed by atoms with Crippen molar-refractivity contribution in [3.8, 4) is 5.75 Å². The first-order valence-corrected chi connectivity index (χ1v) is 9.70. The van der Waals surface area contributed by atoms with Crippen molar-refractivity contribution in [3.05, 3.63) is 53.6 Å². The Morgan fingerprint density at radius 1 is 1.21 bits per heavy atom. The summed E-state index contributed by atoms with van der Waals surface area (Å²) in [7, 11) is -1.80. The van der Waals surface area contributed by atoms with Crippen LogP contribution < -0.4 is 14.8 Å². The van der Waals surface area contributed by atoms with E-state index in [0.717, 1.165) is 18.5 Å². The zero-order valence-corrected chi connectivity index (χ0v) is 14.7. The standard InChI is InChI=1S/C18H22N2O3S/c1-3-24(21,22)20-17-11-9-14(12-18(17)23-2)19-16-10-8-13-6-4-5-7-15(13)16/h4-7,9,11-12,16,19-20H,3,8,10H2,1-2H3. The molecule has 24 heavy (non-hydrogen) atoms. The molecule has 0 amide bonds. The van der Waals surface area contributed by atoms with Crippen LogP contribution in [0.4, 0.5) is 11.4 Å². The third-order valence-corrected chi connectivity index (χ3v) is 5.61. The minimum Gasteiger partial charge on any atom is -0.494 e. The average molecular weight is 346 g/mol. The number of nitrogens with one attached hydrogen (secondary N) is 2. The zero-order valence-electron chi connectivity index (χ0n) is 13.9. The number of sulfonamides is 1. The van der Waals surface area contributed by atoms with E-state index in [1.165, 1.54) is 18.2 Å². The second kappa shape index (κ2) is 6.73. The van der Waals surface area contributed by atoms with Crippen LogP contribution >= 0.6 is 0 Å². The molecule has 0 saturated carbocycles. The SMILES string of the molecule is CCS(=O)(=O)Nc1ccc(NC2CCc3ccccc32)cc1OC. The first kappa shape index (κ1) is 16.6. The zero-order chi connectivity index (χ0) is 17.2. The normalized spacial score (nSPS) is 16.5. The van der Waals surface area contributed by atoms with E-state index in [0.29, 0.717) is 11.4 Å². The molecule has 5 nitrogen and oxygen atoms in total. The Balaban J connectivity index is 1.81. The molecule has 0 heterocycles. The molecule has 0 saturated heterocycles. The van der Waals surface area contributed by atoms with Gasteiger partial charge in [-0.05, 0) is 43.0 Å². The van der Waals surface area contributed by atoms with Crippen molar-refractivity contribution >= 4 is 21.4 Å². The van der Waals surface area contributed by atoms with Crippen molar-refractivity contribution in [2.45, 2.75) is 25.8 Å².